The van der Waals surface area contributed by atoms with Crippen LogP contribution in [-0.4, -0.2) is 30.6 Å². The van der Waals surface area contributed by atoms with Gasteiger partial charge < -0.3 is 9.64 Å². The van der Waals surface area contributed by atoms with Crippen LogP contribution >= 0.6 is 11.3 Å². The normalized spacial score (nSPS) is 20.9. The molecule has 1 aromatic rings. The Bertz CT molecular complexity index is 378. The number of carbonyl (C=O) groups excluding carboxylic acids is 1. The van der Waals surface area contributed by atoms with Crippen LogP contribution in [0.25, 0.3) is 0 Å². The summed E-state index contributed by atoms with van der Waals surface area (Å²) in [4.78, 5) is 18.2. The Labute approximate surface area is 99.2 Å². The van der Waals surface area contributed by atoms with Gasteiger partial charge in [-0.2, -0.15) is 0 Å². The molecular weight excluding hydrogens is 224 g/mol. The molecule has 0 saturated carbocycles. The fraction of sp³-hybridized carbons (Fsp3) is 0.636. The highest BCUT2D eigenvalue weighted by molar-refractivity contribution is 7.13. The van der Waals surface area contributed by atoms with Crippen LogP contribution in [0.15, 0.2) is 5.38 Å². The van der Waals surface area contributed by atoms with E-state index in [-0.39, 0.29) is 12.0 Å². The van der Waals surface area contributed by atoms with Crippen molar-refractivity contribution in [3.63, 3.8) is 0 Å². The number of hydrogen-bond acceptors (Lipinski definition) is 5. The zero-order valence-corrected chi connectivity index (χ0v) is 10.4. The largest absolute Gasteiger partial charge is 0.467 e. The lowest BCUT2D eigenvalue weighted by molar-refractivity contribution is -0.142. The van der Waals surface area contributed by atoms with Crippen LogP contribution in [0, 0.1) is 6.92 Å². The molecule has 2 heterocycles. The second-order valence-electron chi connectivity index (χ2n) is 4.00. The zero-order valence-electron chi connectivity index (χ0n) is 9.60. The van der Waals surface area contributed by atoms with E-state index in [1.807, 2.05) is 12.3 Å². The first-order valence-electron chi connectivity index (χ1n) is 5.49. The minimum Gasteiger partial charge on any atom is -0.467 e. The van der Waals surface area contributed by atoms with E-state index in [4.69, 9.17) is 4.74 Å². The minimum atomic E-state index is -0.149. The summed E-state index contributed by atoms with van der Waals surface area (Å²) in [5, 5.41) is 2.95. The molecule has 88 valence electrons. The molecule has 0 aromatic carbocycles. The number of aromatic nitrogens is 1. The highest BCUT2D eigenvalue weighted by atomic mass is 32.1. The van der Waals surface area contributed by atoms with E-state index in [9.17, 15) is 4.79 Å². The zero-order chi connectivity index (χ0) is 11.5. The summed E-state index contributed by atoms with van der Waals surface area (Å²) in [7, 11) is 1.45. The summed E-state index contributed by atoms with van der Waals surface area (Å²) in [5.41, 5.74) is 1.01. The number of rotatable bonds is 2. The maximum Gasteiger partial charge on any atom is 0.328 e. The molecule has 1 saturated heterocycles. The van der Waals surface area contributed by atoms with Crippen molar-refractivity contribution < 1.29 is 9.53 Å². The molecule has 5 heteroatoms. The molecule has 1 atom stereocenters. The van der Waals surface area contributed by atoms with Crippen molar-refractivity contribution in [1.82, 2.24) is 4.98 Å². The second kappa shape index (κ2) is 4.82. The Balaban J connectivity index is 2.19. The lowest BCUT2D eigenvalue weighted by atomic mass is 10.0. The maximum absolute atomic E-state index is 11.7. The molecule has 16 heavy (non-hydrogen) atoms. The van der Waals surface area contributed by atoms with Crippen LogP contribution in [0.4, 0.5) is 5.13 Å². The predicted molar refractivity (Wildman–Crippen MR) is 63.9 cm³/mol. The minimum absolute atomic E-state index is 0.146. The third-order valence-corrected chi connectivity index (χ3v) is 3.82. The SMILES string of the molecule is COC(=O)C1CCCCN1c1nc(C)cs1. The summed E-state index contributed by atoms with van der Waals surface area (Å²) >= 11 is 1.59. The molecule has 1 aromatic heterocycles. The van der Waals surface area contributed by atoms with Crippen LogP contribution < -0.4 is 4.90 Å². The van der Waals surface area contributed by atoms with E-state index in [0.29, 0.717) is 0 Å². The summed E-state index contributed by atoms with van der Waals surface area (Å²) < 4.78 is 4.84. The summed E-state index contributed by atoms with van der Waals surface area (Å²) in [6.45, 7) is 2.86. The molecule has 0 aliphatic carbocycles. The van der Waals surface area contributed by atoms with Gasteiger partial charge in [0.2, 0.25) is 0 Å². The van der Waals surface area contributed by atoms with E-state index < -0.39 is 0 Å². The monoisotopic (exact) mass is 240 g/mol. The Hall–Kier alpha value is -1.10. The topological polar surface area (TPSA) is 42.4 Å². The van der Waals surface area contributed by atoms with Crippen LogP contribution in [0.5, 0.6) is 0 Å². The first-order valence-corrected chi connectivity index (χ1v) is 6.37. The second-order valence-corrected chi connectivity index (χ2v) is 4.84. The van der Waals surface area contributed by atoms with Crippen LogP contribution in [0.3, 0.4) is 0 Å². The van der Waals surface area contributed by atoms with Crippen molar-refractivity contribution >= 4 is 22.4 Å². The van der Waals surface area contributed by atoms with Gasteiger partial charge >= 0.3 is 5.97 Å². The van der Waals surface area contributed by atoms with Crippen molar-refractivity contribution in [1.29, 1.82) is 0 Å². The van der Waals surface area contributed by atoms with Gasteiger partial charge in [0, 0.05) is 11.9 Å². The van der Waals surface area contributed by atoms with E-state index in [0.717, 1.165) is 36.6 Å². The van der Waals surface area contributed by atoms with Crippen LogP contribution in [0.1, 0.15) is 25.0 Å². The molecule has 2 rings (SSSR count). The highest BCUT2D eigenvalue weighted by Gasteiger charge is 2.30. The molecule has 1 unspecified atom stereocenters. The molecule has 0 N–H and O–H groups in total. The molecule has 0 bridgehead atoms. The van der Waals surface area contributed by atoms with Crippen molar-refractivity contribution in [2.24, 2.45) is 0 Å². The molecule has 0 amide bonds. The maximum atomic E-state index is 11.7. The molecule has 4 nitrogen and oxygen atoms in total. The number of nitrogens with zero attached hydrogens (tertiary/aromatic N) is 2. The molecule has 1 fully saturated rings. The summed E-state index contributed by atoms with van der Waals surface area (Å²) in [6.07, 6.45) is 3.07. The van der Waals surface area contributed by atoms with E-state index in [1.165, 1.54) is 7.11 Å². The fourth-order valence-corrected chi connectivity index (χ4v) is 2.89. The quantitative estimate of drug-likeness (QED) is 0.741. The Morgan fingerprint density at radius 2 is 2.44 bits per heavy atom. The fourth-order valence-electron chi connectivity index (χ4n) is 2.02. The molecule has 0 spiro atoms. The lowest BCUT2D eigenvalue weighted by Gasteiger charge is -2.33. The van der Waals surface area contributed by atoms with Crippen molar-refractivity contribution in [2.75, 3.05) is 18.6 Å². The van der Waals surface area contributed by atoms with Gasteiger partial charge in [-0.25, -0.2) is 9.78 Å². The van der Waals surface area contributed by atoms with Gasteiger partial charge in [0.25, 0.3) is 0 Å². The number of aryl methyl sites for hydroxylation is 1. The number of ether oxygens (including phenoxy) is 1. The van der Waals surface area contributed by atoms with Gasteiger partial charge in [0.05, 0.1) is 12.8 Å². The van der Waals surface area contributed by atoms with Crippen LogP contribution in [0.2, 0.25) is 0 Å². The van der Waals surface area contributed by atoms with E-state index in [1.54, 1.807) is 11.3 Å². The number of hydrogen-bond donors (Lipinski definition) is 0. The highest BCUT2D eigenvalue weighted by Crippen LogP contribution is 2.28. The van der Waals surface area contributed by atoms with Crippen LogP contribution in [-0.2, 0) is 9.53 Å². The third-order valence-electron chi connectivity index (χ3n) is 2.83. The van der Waals surface area contributed by atoms with Crippen molar-refractivity contribution in [2.45, 2.75) is 32.2 Å². The number of esters is 1. The first-order chi connectivity index (χ1) is 7.72. The van der Waals surface area contributed by atoms with Gasteiger partial charge in [-0.15, -0.1) is 11.3 Å². The van der Waals surface area contributed by atoms with Gasteiger partial charge in [-0.05, 0) is 26.2 Å². The van der Waals surface area contributed by atoms with Gasteiger partial charge in [-0.3, -0.25) is 0 Å². The number of thiazole rings is 1. The van der Waals surface area contributed by atoms with E-state index in [2.05, 4.69) is 9.88 Å². The average molecular weight is 240 g/mol. The Kier molecular flexibility index (Phi) is 3.43. The van der Waals surface area contributed by atoms with E-state index >= 15 is 0 Å². The number of piperidine rings is 1. The Morgan fingerprint density at radius 1 is 1.62 bits per heavy atom. The number of methoxy groups -OCH3 is 1. The van der Waals surface area contributed by atoms with Crippen molar-refractivity contribution in [3.05, 3.63) is 11.1 Å². The Morgan fingerprint density at radius 3 is 3.06 bits per heavy atom. The number of carbonyl (C=O) groups is 1. The van der Waals surface area contributed by atoms with Gasteiger partial charge in [-0.1, -0.05) is 0 Å². The number of anilines is 1. The van der Waals surface area contributed by atoms with Crippen molar-refractivity contribution in [3.8, 4) is 0 Å². The lowest BCUT2D eigenvalue weighted by Crippen LogP contribution is -2.45. The molecule has 0 radical (unpaired) electrons. The average Bonchev–Trinajstić information content (AvgIpc) is 2.75. The first kappa shape index (κ1) is 11.4. The predicted octanol–water partition coefficient (Wildman–Crippen LogP) is 1.98. The third kappa shape index (κ3) is 2.19. The molecule has 1 aliphatic rings. The summed E-state index contributed by atoms with van der Waals surface area (Å²) in [6, 6.07) is -0.149. The standard InChI is InChI=1S/C11H16N2O2S/c1-8-7-16-11(12-8)13-6-4-3-5-9(13)10(14)15-2/h7,9H,3-6H2,1-2H3. The van der Waals surface area contributed by atoms with Gasteiger partial charge in [0.1, 0.15) is 6.04 Å². The summed E-state index contributed by atoms with van der Waals surface area (Å²) in [5.74, 6) is -0.146. The van der Waals surface area contributed by atoms with Gasteiger partial charge in [0.15, 0.2) is 5.13 Å². The smallest absolute Gasteiger partial charge is 0.328 e. The molecule has 1 aliphatic heterocycles. The molecular formula is C11H16N2O2S.